The molecule has 1 fully saturated rings. The van der Waals surface area contributed by atoms with Crippen molar-refractivity contribution in [3.8, 4) is 0 Å². The first-order chi connectivity index (χ1) is 9.60. The van der Waals surface area contributed by atoms with Gasteiger partial charge < -0.3 is 9.84 Å². The van der Waals surface area contributed by atoms with E-state index in [1.807, 2.05) is 0 Å². The normalized spacial score (nSPS) is 25.4. The number of nitrogens with one attached hydrogen (secondary N) is 1. The first-order valence-corrected chi connectivity index (χ1v) is 6.25. The lowest BCUT2D eigenvalue weighted by Crippen LogP contribution is -2.34. The van der Waals surface area contributed by atoms with Crippen LogP contribution in [0.25, 0.3) is 10.4 Å². The number of aliphatic hydroxyl groups excluding tert-OH is 1. The number of aromatic nitrogens is 2. The van der Waals surface area contributed by atoms with Gasteiger partial charge in [0.1, 0.15) is 6.23 Å². The van der Waals surface area contributed by atoms with E-state index in [1.54, 1.807) is 6.92 Å². The third-order valence-corrected chi connectivity index (χ3v) is 3.32. The van der Waals surface area contributed by atoms with Crippen LogP contribution in [-0.4, -0.2) is 33.4 Å². The first kappa shape index (κ1) is 14.3. The SMILES string of the molecule is CCc1cn(C2CC(N=[N+]=[N-])C(CO)O2)c(=O)[nH]c1=O. The molecule has 0 radical (unpaired) electrons. The molecular weight excluding hydrogens is 266 g/mol. The summed E-state index contributed by atoms with van der Waals surface area (Å²) in [4.78, 5) is 28.2. The fraction of sp³-hybridized carbons (Fsp3) is 0.636. The van der Waals surface area contributed by atoms with E-state index in [0.29, 0.717) is 12.0 Å². The van der Waals surface area contributed by atoms with E-state index in [4.69, 9.17) is 10.3 Å². The molecule has 20 heavy (non-hydrogen) atoms. The molecule has 0 aromatic carbocycles. The van der Waals surface area contributed by atoms with Gasteiger partial charge in [0.05, 0.1) is 18.8 Å². The summed E-state index contributed by atoms with van der Waals surface area (Å²) in [5, 5.41) is 12.7. The fourth-order valence-corrected chi connectivity index (χ4v) is 2.23. The van der Waals surface area contributed by atoms with Crippen molar-refractivity contribution in [3.05, 3.63) is 43.0 Å². The summed E-state index contributed by atoms with van der Waals surface area (Å²) in [6.45, 7) is 1.49. The lowest BCUT2D eigenvalue weighted by Gasteiger charge is -2.15. The zero-order valence-electron chi connectivity index (χ0n) is 10.9. The zero-order chi connectivity index (χ0) is 14.7. The molecule has 9 heteroatoms. The number of ether oxygens (including phenoxy) is 1. The number of aryl methyl sites for hydroxylation is 1. The van der Waals surface area contributed by atoms with Gasteiger partial charge in [-0.25, -0.2) is 4.79 Å². The number of nitrogens with zero attached hydrogens (tertiary/aromatic N) is 4. The van der Waals surface area contributed by atoms with Crippen LogP contribution in [0.15, 0.2) is 20.9 Å². The summed E-state index contributed by atoms with van der Waals surface area (Å²) in [5.41, 5.74) is 7.93. The van der Waals surface area contributed by atoms with E-state index in [2.05, 4.69) is 15.0 Å². The molecule has 2 rings (SSSR count). The molecule has 2 heterocycles. The molecule has 0 amide bonds. The second-order valence-electron chi connectivity index (χ2n) is 4.49. The number of azide groups is 1. The van der Waals surface area contributed by atoms with Crippen molar-refractivity contribution in [3.63, 3.8) is 0 Å². The van der Waals surface area contributed by atoms with E-state index in [9.17, 15) is 14.7 Å². The van der Waals surface area contributed by atoms with Gasteiger partial charge in [-0.1, -0.05) is 12.0 Å². The second kappa shape index (κ2) is 5.91. The molecule has 0 saturated carbocycles. The van der Waals surface area contributed by atoms with Crippen molar-refractivity contribution in [1.82, 2.24) is 9.55 Å². The minimum atomic E-state index is -0.669. The van der Waals surface area contributed by atoms with Crippen molar-refractivity contribution in [2.75, 3.05) is 6.61 Å². The highest BCUT2D eigenvalue weighted by molar-refractivity contribution is 5.05. The summed E-state index contributed by atoms with van der Waals surface area (Å²) >= 11 is 0. The number of aromatic amines is 1. The van der Waals surface area contributed by atoms with E-state index >= 15 is 0 Å². The summed E-state index contributed by atoms with van der Waals surface area (Å²) in [5.74, 6) is 0. The highest BCUT2D eigenvalue weighted by Crippen LogP contribution is 2.29. The Hall–Kier alpha value is -2.09. The zero-order valence-corrected chi connectivity index (χ0v) is 10.9. The minimum absolute atomic E-state index is 0.268. The van der Waals surface area contributed by atoms with Gasteiger partial charge in [-0.05, 0) is 12.0 Å². The van der Waals surface area contributed by atoms with Crippen molar-refractivity contribution >= 4 is 0 Å². The summed E-state index contributed by atoms with van der Waals surface area (Å²) in [6, 6.07) is -0.543. The largest absolute Gasteiger partial charge is 0.394 e. The molecule has 1 saturated heterocycles. The van der Waals surface area contributed by atoms with E-state index < -0.39 is 29.6 Å². The second-order valence-corrected chi connectivity index (χ2v) is 4.49. The molecule has 0 spiro atoms. The van der Waals surface area contributed by atoms with Crippen LogP contribution < -0.4 is 11.2 Å². The number of rotatable bonds is 4. The standard InChI is InChI=1S/C11H15N5O4/c1-2-6-4-16(11(19)13-10(6)18)9-3-7(14-15-12)8(5-17)20-9/h4,7-9,17H,2-3,5H2,1H3,(H,13,18,19). The number of H-pyrrole nitrogens is 1. The first-order valence-electron chi connectivity index (χ1n) is 6.25. The average Bonchev–Trinajstić information content (AvgIpc) is 2.82. The number of hydrogen-bond acceptors (Lipinski definition) is 5. The lowest BCUT2D eigenvalue weighted by molar-refractivity contribution is -0.0271. The average molecular weight is 281 g/mol. The van der Waals surface area contributed by atoms with Crippen LogP contribution >= 0.6 is 0 Å². The Morgan fingerprint density at radius 2 is 2.40 bits per heavy atom. The smallest absolute Gasteiger partial charge is 0.330 e. The number of hydrogen-bond donors (Lipinski definition) is 2. The van der Waals surface area contributed by atoms with Gasteiger partial charge in [0.2, 0.25) is 0 Å². The van der Waals surface area contributed by atoms with E-state index in [-0.39, 0.29) is 13.0 Å². The van der Waals surface area contributed by atoms with Gasteiger partial charge >= 0.3 is 5.69 Å². The van der Waals surface area contributed by atoms with Crippen LogP contribution in [0.5, 0.6) is 0 Å². The summed E-state index contributed by atoms with van der Waals surface area (Å²) in [7, 11) is 0. The Kier molecular flexibility index (Phi) is 4.23. The lowest BCUT2D eigenvalue weighted by atomic mass is 10.1. The molecule has 3 atom stereocenters. The van der Waals surface area contributed by atoms with E-state index in [1.165, 1.54) is 10.8 Å². The third kappa shape index (κ3) is 2.60. The Morgan fingerprint density at radius 3 is 3.00 bits per heavy atom. The van der Waals surface area contributed by atoms with Crippen molar-refractivity contribution in [2.45, 2.75) is 38.1 Å². The maximum absolute atomic E-state index is 11.8. The maximum atomic E-state index is 11.8. The van der Waals surface area contributed by atoms with Crippen LogP contribution in [0.1, 0.15) is 25.1 Å². The predicted molar refractivity (Wildman–Crippen MR) is 69.2 cm³/mol. The van der Waals surface area contributed by atoms with Crippen molar-refractivity contribution < 1.29 is 9.84 Å². The van der Waals surface area contributed by atoms with Crippen LogP contribution in [0.3, 0.4) is 0 Å². The highest BCUT2D eigenvalue weighted by atomic mass is 16.5. The Morgan fingerprint density at radius 1 is 1.65 bits per heavy atom. The van der Waals surface area contributed by atoms with Crippen LogP contribution in [0.2, 0.25) is 0 Å². The van der Waals surface area contributed by atoms with Gasteiger partial charge in [0.15, 0.2) is 0 Å². The van der Waals surface area contributed by atoms with Gasteiger partial charge in [0, 0.05) is 23.1 Å². The van der Waals surface area contributed by atoms with Gasteiger partial charge in [-0.3, -0.25) is 14.3 Å². The fourth-order valence-electron chi connectivity index (χ4n) is 2.23. The van der Waals surface area contributed by atoms with E-state index in [0.717, 1.165) is 0 Å². The molecule has 2 N–H and O–H groups in total. The molecular formula is C11H15N5O4. The Bertz CT molecular complexity index is 645. The maximum Gasteiger partial charge on any atom is 0.330 e. The summed E-state index contributed by atoms with van der Waals surface area (Å²) in [6.07, 6.45) is 0.867. The molecule has 0 bridgehead atoms. The van der Waals surface area contributed by atoms with Crippen molar-refractivity contribution in [2.24, 2.45) is 5.11 Å². The Labute approximate surface area is 113 Å². The quantitative estimate of drug-likeness (QED) is 0.458. The van der Waals surface area contributed by atoms with Crippen LogP contribution in [-0.2, 0) is 11.2 Å². The molecule has 1 aliphatic rings. The van der Waals surface area contributed by atoms with Gasteiger partial charge in [-0.15, -0.1) is 0 Å². The molecule has 1 aromatic heterocycles. The monoisotopic (exact) mass is 281 g/mol. The topological polar surface area (TPSA) is 133 Å². The minimum Gasteiger partial charge on any atom is -0.394 e. The molecule has 1 aromatic rings. The molecule has 0 aliphatic carbocycles. The van der Waals surface area contributed by atoms with Gasteiger partial charge in [0.25, 0.3) is 5.56 Å². The van der Waals surface area contributed by atoms with Crippen LogP contribution in [0.4, 0.5) is 0 Å². The van der Waals surface area contributed by atoms with Crippen LogP contribution in [0, 0.1) is 0 Å². The third-order valence-electron chi connectivity index (χ3n) is 3.32. The van der Waals surface area contributed by atoms with Gasteiger partial charge in [-0.2, -0.15) is 0 Å². The molecule has 108 valence electrons. The Balaban J connectivity index is 2.36. The summed E-state index contributed by atoms with van der Waals surface area (Å²) < 4.78 is 6.77. The molecule has 9 nitrogen and oxygen atoms in total. The number of aliphatic hydroxyl groups is 1. The highest BCUT2D eigenvalue weighted by Gasteiger charge is 2.35. The predicted octanol–water partition coefficient (Wildman–Crippen LogP) is 0.0577. The molecule has 3 unspecified atom stereocenters. The van der Waals surface area contributed by atoms with Crippen molar-refractivity contribution in [1.29, 1.82) is 0 Å². The molecule has 1 aliphatic heterocycles.